The average Bonchev–Trinajstić information content (AvgIpc) is 2.38. The van der Waals surface area contributed by atoms with Gasteiger partial charge >= 0.3 is 0 Å². The van der Waals surface area contributed by atoms with Crippen LogP contribution in [0, 0.1) is 12.3 Å². The van der Waals surface area contributed by atoms with Gasteiger partial charge in [-0.15, -0.1) is 6.42 Å². The maximum absolute atomic E-state index is 11.5. The molecule has 1 amide bonds. The Kier molecular flexibility index (Phi) is 6.60. The van der Waals surface area contributed by atoms with Crippen LogP contribution in [0.25, 0.3) is 0 Å². The van der Waals surface area contributed by atoms with Crippen molar-refractivity contribution in [1.29, 1.82) is 0 Å². The van der Waals surface area contributed by atoms with Crippen LogP contribution in [0.5, 0.6) is 0 Å². The SMILES string of the molecule is C#CCNCC(=O)N[C@H](C)CCc1ccccc1. The number of carbonyl (C=O) groups excluding carboxylic acids is 1. The Hall–Kier alpha value is -1.79. The Morgan fingerprint density at radius 3 is 2.78 bits per heavy atom. The summed E-state index contributed by atoms with van der Waals surface area (Å²) in [4.78, 5) is 11.5. The lowest BCUT2D eigenvalue weighted by atomic mass is 10.1. The summed E-state index contributed by atoms with van der Waals surface area (Å²) < 4.78 is 0. The summed E-state index contributed by atoms with van der Waals surface area (Å²) in [5, 5.41) is 5.80. The van der Waals surface area contributed by atoms with Gasteiger partial charge in [-0.25, -0.2) is 0 Å². The van der Waals surface area contributed by atoms with Crippen LogP contribution in [0.15, 0.2) is 30.3 Å². The van der Waals surface area contributed by atoms with Gasteiger partial charge in [-0.05, 0) is 25.3 Å². The zero-order valence-corrected chi connectivity index (χ0v) is 10.8. The highest BCUT2D eigenvalue weighted by molar-refractivity contribution is 5.78. The minimum Gasteiger partial charge on any atom is -0.353 e. The van der Waals surface area contributed by atoms with E-state index in [2.05, 4.69) is 28.7 Å². The number of hydrogen-bond acceptors (Lipinski definition) is 2. The second kappa shape index (κ2) is 8.32. The first kappa shape index (κ1) is 14.3. The minimum atomic E-state index is -0.00851. The van der Waals surface area contributed by atoms with E-state index in [4.69, 9.17) is 6.42 Å². The van der Waals surface area contributed by atoms with Crippen LogP contribution in [0.2, 0.25) is 0 Å². The van der Waals surface area contributed by atoms with Gasteiger partial charge in [0.15, 0.2) is 0 Å². The number of terminal acetylenes is 1. The number of hydrogen-bond donors (Lipinski definition) is 2. The molecule has 0 saturated heterocycles. The van der Waals surface area contributed by atoms with Crippen molar-refractivity contribution in [2.24, 2.45) is 0 Å². The van der Waals surface area contributed by atoms with Gasteiger partial charge in [-0.2, -0.15) is 0 Å². The van der Waals surface area contributed by atoms with E-state index in [1.165, 1.54) is 5.56 Å². The first-order valence-electron chi connectivity index (χ1n) is 6.20. The number of rotatable bonds is 7. The molecule has 0 saturated carbocycles. The van der Waals surface area contributed by atoms with Crippen LogP contribution >= 0.6 is 0 Å². The van der Waals surface area contributed by atoms with Gasteiger partial charge in [0.25, 0.3) is 0 Å². The second-order valence-electron chi connectivity index (χ2n) is 4.30. The van der Waals surface area contributed by atoms with Gasteiger partial charge in [-0.1, -0.05) is 36.3 Å². The van der Waals surface area contributed by atoms with Gasteiger partial charge in [0, 0.05) is 6.04 Å². The third-order valence-electron chi connectivity index (χ3n) is 2.63. The summed E-state index contributed by atoms with van der Waals surface area (Å²) in [7, 11) is 0. The molecule has 1 aromatic rings. The summed E-state index contributed by atoms with van der Waals surface area (Å²) in [5.41, 5.74) is 1.30. The topological polar surface area (TPSA) is 41.1 Å². The van der Waals surface area contributed by atoms with Gasteiger partial charge in [0.1, 0.15) is 0 Å². The molecule has 18 heavy (non-hydrogen) atoms. The van der Waals surface area contributed by atoms with E-state index in [1.807, 2.05) is 25.1 Å². The Bertz CT molecular complexity index is 395. The van der Waals surface area contributed by atoms with Crippen molar-refractivity contribution in [3.05, 3.63) is 35.9 Å². The predicted molar refractivity (Wildman–Crippen MR) is 74.1 cm³/mol. The standard InChI is InChI=1S/C15H20N2O/c1-3-11-16-12-15(18)17-13(2)9-10-14-7-5-4-6-8-14/h1,4-8,13,16H,9-12H2,2H3,(H,17,18)/t13-/m1/s1. The third-order valence-corrected chi connectivity index (χ3v) is 2.63. The lowest BCUT2D eigenvalue weighted by Crippen LogP contribution is -2.39. The Morgan fingerprint density at radius 1 is 1.39 bits per heavy atom. The van der Waals surface area contributed by atoms with Crippen molar-refractivity contribution < 1.29 is 4.79 Å². The molecule has 0 spiro atoms. The molecule has 1 aromatic carbocycles. The lowest BCUT2D eigenvalue weighted by Gasteiger charge is -2.13. The smallest absolute Gasteiger partial charge is 0.234 e. The molecule has 0 aliphatic carbocycles. The first-order valence-corrected chi connectivity index (χ1v) is 6.20. The number of amides is 1. The largest absolute Gasteiger partial charge is 0.353 e. The molecule has 3 heteroatoms. The Balaban J connectivity index is 2.19. The van der Waals surface area contributed by atoms with E-state index in [-0.39, 0.29) is 18.5 Å². The molecule has 2 N–H and O–H groups in total. The molecule has 1 rings (SSSR count). The van der Waals surface area contributed by atoms with Crippen LogP contribution in [-0.4, -0.2) is 25.0 Å². The highest BCUT2D eigenvalue weighted by Crippen LogP contribution is 2.04. The molecule has 0 heterocycles. The zero-order valence-electron chi connectivity index (χ0n) is 10.8. The maximum Gasteiger partial charge on any atom is 0.234 e. The van der Waals surface area contributed by atoms with Crippen LogP contribution in [0.3, 0.4) is 0 Å². The molecular formula is C15H20N2O. The summed E-state index contributed by atoms with van der Waals surface area (Å²) in [6.07, 6.45) is 6.99. The zero-order chi connectivity index (χ0) is 13.2. The summed E-state index contributed by atoms with van der Waals surface area (Å²) >= 11 is 0. The fraction of sp³-hybridized carbons (Fsp3) is 0.400. The monoisotopic (exact) mass is 244 g/mol. The summed E-state index contributed by atoms with van der Waals surface area (Å²) in [6.45, 7) is 2.72. The molecule has 3 nitrogen and oxygen atoms in total. The molecule has 96 valence electrons. The van der Waals surface area contributed by atoms with E-state index in [0.29, 0.717) is 6.54 Å². The highest BCUT2D eigenvalue weighted by Gasteiger charge is 2.06. The predicted octanol–water partition coefficient (Wildman–Crippen LogP) is 1.35. The normalized spacial score (nSPS) is 11.6. The first-order chi connectivity index (χ1) is 8.72. The van der Waals surface area contributed by atoms with E-state index >= 15 is 0 Å². The van der Waals surface area contributed by atoms with Crippen LogP contribution in [0.4, 0.5) is 0 Å². The number of carbonyl (C=O) groups is 1. The molecule has 1 atom stereocenters. The molecular weight excluding hydrogens is 224 g/mol. The van der Waals surface area contributed by atoms with Crippen molar-refractivity contribution in [3.8, 4) is 12.3 Å². The van der Waals surface area contributed by atoms with Crippen LogP contribution < -0.4 is 10.6 Å². The molecule has 0 aliphatic rings. The molecule has 0 bridgehead atoms. The molecule has 0 aromatic heterocycles. The third kappa shape index (κ3) is 6.07. The molecule has 0 fully saturated rings. The molecule has 0 aliphatic heterocycles. The van der Waals surface area contributed by atoms with Gasteiger partial charge in [-0.3, -0.25) is 10.1 Å². The maximum atomic E-state index is 11.5. The van der Waals surface area contributed by atoms with E-state index in [1.54, 1.807) is 0 Å². The van der Waals surface area contributed by atoms with E-state index in [0.717, 1.165) is 12.8 Å². The van der Waals surface area contributed by atoms with Crippen LogP contribution in [-0.2, 0) is 11.2 Å². The number of benzene rings is 1. The van der Waals surface area contributed by atoms with E-state index in [9.17, 15) is 4.79 Å². The van der Waals surface area contributed by atoms with Crippen LogP contribution in [0.1, 0.15) is 18.9 Å². The number of nitrogens with one attached hydrogen (secondary N) is 2. The minimum absolute atomic E-state index is 0.00851. The van der Waals surface area contributed by atoms with Gasteiger partial charge < -0.3 is 5.32 Å². The molecule has 0 unspecified atom stereocenters. The second-order valence-corrected chi connectivity index (χ2v) is 4.30. The van der Waals surface area contributed by atoms with Crippen molar-refractivity contribution >= 4 is 5.91 Å². The Morgan fingerprint density at radius 2 is 2.11 bits per heavy atom. The Labute approximate surface area is 109 Å². The van der Waals surface area contributed by atoms with Crippen molar-refractivity contribution in [2.75, 3.05) is 13.1 Å². The summed E-state index contributed by atoms with van der Waals surface area (Å²) in [6, 6.07) is 10.4. The van der Waals surface area contributed by atoms with Crippen molar-refractivity contribution in [1.82, 2.24) is 10.6 Å². The fourth-order valence-electron chi connectivity index (χ4n) is 1.67. The average molecular weight is 244 g/mol. The van der Waals surface area contributed by atoms with Crippen molar-refractivity contribution in [2.45, 2.75) is 25.8 Å². The van der Waals surface area contributed by atoms with Crippen molar-refractivity contribution in [3.63, 3.8) is 0 Å². The van der Waals surface area contributed by atoms with Gasteiger partial charge in [0.2, 0.25) is 5.91 Å². The van der Waals surface area contributed by atoms with E-state index < -0.39 is 0 Å². The summed E-state index contributed by atoms with van der Waals surface area (Å²) in [5.74, 6) is 2.42. The van der Waals surface area contributed by atoms with Gasteiger partial charge in [0.05, 0.1) is 13.1 Å². The molecule has 0 radical (unpaired) electrons. The highest BCUT2D eigenvalue weighted by atomic mass is 16.1. The lowest BCUT2D eigenvalue weighted by molar-refractivity contribution is -0.120. The fourth-order valence-corrected chi connectivity index (χ4v) is 1.67. The number of aryl methyl sites for hydroxylation is 1. The quantitative estimate of drug-likeness (QED) is 0.561.